The lowest BCUT2D eigenvalue weighted by molar-refractivity contribution is 0.0991. The number of hydrogen-bond donors (Lipinski definition) is 0. The zero-order chi connectivity index (χ0) is 18.7. The Labute approximate surface area is 164 Å². The van der Waals surface area contributed by atoms with E-state index in [0.29, 0.717) is 21.0 Å². The molecule has 2 aromatic carbocycles. The Hall–Kier alpha value is -1.89. The SMILES string of the molecule is CSCCn1c(=NC(=O)c2ccc(C(C)=O)cc2)sc2cc(Cl)ccc21. The molecule has 1 heterocycles. The van der Waals surface area contributed by atoms with Crippen molar-refractivity contribution >= 4 is 56.6 Å². The lowest BCUT2D eigenvalue weighted by atomic mass is 10.1. The van der Waals surface area contributed by atoms with Gasteiger partial charge in [-0.2, -0.15) is 16.8 Å². The topological polar surface area (TPSA) is 51.4 Å². The maximum Gasteiger partial charge on any atom is 0.279 e. The fourth-order valence-electron chi connectivity index (χ4n) is 2.53. The van der Waals surface area contributed by atoms with Gasteiger partial charge in [0.2, 0.25) is 0 Å². The van der Waals surface area contributed by atoms with Gasteiger partial charge in [0.05, 0.1) is 10.2 Å². The van der Waals surface area contributed by atoms with Gasteiger partial charge in [-0.15, -0.1) is 0 Å². The number of aromatic nitrogens is 1. The van der Waals surface area contributed by atoms with Gasteiger partial charge in [0, 0.05) is 28.4 Å². The van der Waals surface area contributed by atoms with Gasteiger partial charge in [-0.05, 0) is 43.5 Å². The number of Topliss-reactive ketones (excluding diaryl/α,β-unsaturated/α-hetero) is 1. The molecule has 1 aromatic heterocycles. The molecule has 0 aliphatic carbocycles. The average Bonchev–Trinajstić information content (AvgIpc) is 2.95. The summed E-state index contributed by atoms with van der Waals surface area (Å²) in [4.78, 5) is 28.9. The maximum absolute atomic E-state index is 12.6. The molecule has 0 unspecified atom stereocenters. The van der Waals surface area contributed by atoms with Crippen LogP contribution in [0.5, 0.6) is 0 Å². The van der Waals surface area contributed by atoms with Crippen molar-refractivity contribution in [1.29, 1.82) is 0 Å². The molecule has 0 radical (unpaired) electrons. The van der Waals surface area contributed by atoms with Gasteiger partial charge in [-0.25, -0.2) is 0 Å². The van der Waals surface area contributed by atoms with Crippen molar-refractivity contribution in [2.45, 2.75) is 13.5 Å². The van der Waals surface area contributed by atoms with E-state index in [1.165, 1.54) is 18.3 Å². The number of fused-ring (bicyclic) bond motifs is 1. The van der Waals surface area contributed by atoms with Crippen molar-refractivity contribution in [3.63, 3.8) is 0 Å². The van der Waals surface area contributed by atoms with Crippen LogP contribution in [-0.2, 0) is 6.54 Å². The minimum absolute atomic E-state index is 0.0303. The molecule has 4 nitrogen and oxygen atoms in total. The average molecular weight is 405 g/mol. The smallest absolute Gasteiger partial charge is 0.279 e. The van der Waals surface area contributed by atoms with E-state index < -0.39 is 0 Å². The van der Waals surface area contributed by atoms with Crippen LogP contribution in [0.3, 0.4) is 0 Å². The Bertz CT molecular complexity index is 1040. The molecule has 26 heavy (non-hydrogen) atoms. The summed E-state index contributed by atoms with van der Waals surface area (Å²) in [5.41, 5.74) is 2.06. The summed E-state index contributed by atoms with van der Waals surface area (Å²) in [7, 11) is 0. The Kier molecular flexibility index (Phi) is 5.96. The van der Waals surface area contributed by atoms with Crippen LogP contribution in [0.1, 0.15) is 27.6 Å². The number of thiazole rings is 1. The number of amides is 1. The number of carbonyl (C=O) groups is 2. The second kappa shape index (κ2) is 8.20. The number of hydrogen-bond acceptors (Lipinski definition) is 4. The fourth-order valence-corrected chi connectivity index (χ4v) is 4.23. The number of rotatable bonds is 5. The van der Waals surface area contributed by atoms with Gasteiger partial charge in [0.1, 0.15) is 0 Å². The maximum atomic E-state index is 12.6. The molecule has 0 aliphatic rings. The molecule has 3 rings (SSSR count). The van der Waals surface area contributed by atoms with Crippen LogP contribution in [0.4, 0.5) is 0 Å². The fraction of sp³-hybridized carbons (Fsp3) is 0.211. The highest BCUT2D eigenvalue weighted by Gasteiger charge is 2.10. The van der Waals surface area contributed by atoms with Crippen molar-refractivity contribution < 1.29 is 9.59 Å². The molecular formula is C19H17ClN2O2S2. The van der Waals surface area contributed by atoms with Crippen LogP contribution in [0.25, 0.3) is 10.2 Å². The molecule has 134 valence electrons. The third-order valence-electron chi connectivity index (χ3n) is 3.90. The first-order valence-corrected chi connectivity index (χ1v) is 10.6. The van der Waals surface area contributed by atoms with Crippen LogP contribution in [-0.4, -0.2) is 28.3 Å². The highest BCUT2D eigenvalue weighted by atomic mass is 35.5. The molecule has 1 amide bonds. The van der Waals surface area contributed by atoms with E-state index in [1.807, 2.05) is 24.5 Å². The molecule has 0 aliphatic heterocycles. The molecule has 0 atom stereocenters. The van der Waals surface area contributed by atoms with E-state index in [1.54, 1.807) is 36.0 Å². The molecule has 0 fully saturated rings. The van der Waals surface area contributed by atoms with Crippen molar-refractivity contribution in [1.82, 2.24) is 4.57 Å². The number of halogens is 1. The van der Waals surface area contributed by atoms with E-state index >= 15 is 0 Å². The Morgan fingerprint density at radius 2 is 1.85 bits per heavy atom. The minimum atomic E-state index is -0.323. The number of thioether (sulfide) groups is 1. The Morgan fingerprint density at radius 1 is 1.15 bits per heavy atom. The predicted octanol–water partition coefficient (Wildman–Crippen LogP) is 4.66. The van der Waals surface area contributed by atoms with Crippen LogP contribution < -0.4 is 4.80 Å². The van der Waals surface area contributed by atoms with E-state index in [4.69, 9.17) is 11.6 Å². The number of benzene rings is 2. The van der Waals surface area contributed by atoms with E-state index in [9.17, 15) is 9.59 Å². The lowest BCUT2D eigenvalue weighted by Crippen LogP contribution is -2.18. The van der Waals surface area contributed by atoms with Crippen molar-refractivity contribution in [2.24, 2.45) is 4.99 Å². The normalized spacial score (nSPS) is 11.9. The van der Waals surface area contributed by atoms with Crippen molar-refractivity contribution in [3.05, 3.63) is 63.4 Å². The molecule has 3 aromatic rings. The lowest BCUT2D eigenvalue weighted by Gasteiger charge is -2.04. The number of ketones is 1. The summed E-state index contributed by atoms with van der Waals surface area (Å²) < 4.78 is 3.05. The third-order valence-corrected chi connectivity index (χ3v) is 5.77. The highest BCUT2D eigenvalue weighted by Crippen LogP contribution is 2.22. The summed E-state index contributed by atoms with van der Waals surface area (Å²) in [5, 5.41) is 0.661. The summed E-state index contributed by atoms with van der Waals surface area (Å²) in [5.74, 6) is 0.566. The summed E-state index contributed by atoms with van der Waals surface area (Å²) in [6, 6.07) is 12.3. The standard InChI is InChI=1S/C19H17ClN2O2S2/c1-12(23)13-3-5-14(6-4-13)18(24)21-19-22(9-10-25-2)16-8-7-15(20)11-17(16)26-19/h3-8,11H,9-10H2,1-2H3. The highest BCUT2D eigenvalue weighted by molar-refractivity contribution is 7.98. The number of carbonyl (C=O) groups excluding carboxylic acids is 2. The van der Waals surface area contributed by atoms with Crippen LogP contribution >= 0.6 is 34.7 Å². The van der Waals surface area contributed by atoms with Gasteiger partial charge < -0.3 is 4.57 Å². The van der Waals surface area contributed by atoms with E-state index in [2.05, 4.69) is 9.56 Å². The molecule has 0 saturated carbocycles. The summed E-state index contributed by atoms with van der Waals surface area (Å²) in [6.07, 6.45) is 2.05. The summed E-state index contributed by atoms with van der Waals surface area (Å²) in [6.45, 7) is 2.26. The predicted molar refractivity (Wildman–Crippen MR) is 110 cm³/mol. The zero-order valence-electron chi connectivity index (χ0n) is 14.4. The first kappa shape index (κ1) is 18.9. The molecule has 0 spiro atoms. The van der Waals surface area contributed by atoms with Crippen molar-refractivity contribution in [2.75, 3.05) is 12.0 Å². The second-order valence-corrected chi connectivity index (χ2v) is 8.12. The number of aryl methyl sites for hydroxylation is 1. The Morgan fingerprint density at radius 3 is 2.50 bits per heavy atom. The van der Waals surface area contributed by atoms with E-state index in [0.717, 1.165) is 22.5 Å². The quantitative estimate of drug-likeness (QED) is 0.581. The van der Waals surface area contributed by atoms with Crippen LogP contribution in [0, 0.1) is 0 Å². The van der Waals surface area contributed by atoms with Crippen LogP contribution in [0.15, 0.2) is 47.5 Å². The first-order valence-electron chi connectivity index (χ1n) is 7.97. The molecule has 7 heteroatoms. The largest absolute Gasteiger partial charge is 0.316 e. The van der Waals surface area contributed by atoms with E-state index in [-0.39, 0.29) is 11.7 Å². The monoisotopic (exact) mass is 404 g/mol. The van der Waals surface area contributed by atoms with Crippen LogP contribution in [0.2, 0.25) is 5.02 Å². The first-order chi connectivity index (χ1) is 12.5. The second-order valence-electron chi connectivity index (χ2n) is 5.69. The summed E-state index contributed by atoms with van der Waals surface area (Å²) >= 11 is 9.28. The van der Waals surface area contributed by atoms with Gasteiger partial charge in [0.15, 0.2) is 10.6 Å². The zero-order valence-corrected chi connectivity index (χ0v) is 16.7. The van der Waals surface area contributed by atoms with Gasteiger partial charge in [-0.1, -0.05) is 35.1 Å². The third kappa shape index (κ3) is 4.09. The van der Waals surface area contributed by atoms with Gasteiger partial charge >= 0.3 is 0 Å². The molecule has 0 bridgehead atoms. The minimum Gasteiger partial charge on any atom is -0.316 e. The molecule has 0 N–H and O–H groups in total. The molecule has 0 saturated heterocycles. The molecular weight excluding hydrogens is 388 g/mol. The Balaban J connectivity index is 2.04. The van der Waals surface area contributed by atoms with Gasteiger partial charge in [0.25, 0.3) is 5.91 Å². The van der Waals surface area contributed by atoms with Gasteiger partial charge in [-0.3, -0.25) is 9.59 Å². The number of nitrogens with zero attached hydrogens (tertiary/aromatic N) is 2. The van der Waals surface area contributed by atoms with Crippen molar-refractivity contribution in [3.8, 4) is 0 Å².